The van der Waals surface area contributed by atoms with Crippen molar-refractivity contribution in [3.63, 3.8) is 0 Å². The van der Waals surface area contributed by atoms with Crippen LogP contribution < -0.4 is 9.44 Å². The largest absolute Gasteiger partial charge is 0.283 e. The maximum absolute atomic E-state index is 12.4. The smallest absolute Gasteiger partial charge is 0.235 e. The van der Waals surface area contributed by atoms with E-state index < -0.39 is 30.5 Å². The molecule has 0 heterocycles. The van der Waals surface area contributed by atoms with E-state index in [1.54, 1.807) is 52.0 Å². The molecule has 0 amide bonds. The Hall–Kier alpha value is -2.84. The van der Waals surface area contributed by atoms with E-state index in [2.05, 4.69) is 9.44 Å². The molecule has 0 radical (unpaired) electrons. The molecule has 2 N–H and O–H groups in total. The number of benzene rings is 3. The van der Waals surface area contributed by atoms with Crippen LogP contribution in [-0.2, 0) is 20.0 Å². The lowest BCUT2D eigenvalue weighted by molar-refractivity contribution is 0.591. The highest BCUT2D eigenvalue weighted by Crippen LogP contribution is 2.33. The lowest BCUT2D eigenvalue weighted by Crippen LogP contribution is -2.22. The summed E-state index contributed by atoms with van der Waals surface area (Å²) in [6.45, 7) is 6.52. The van der Waals surface area contributed by atoms with Crippen molar-refractivity contribution in [2.45, 2.75) is 38.2 Å². The summed E-state index contributed by atoms with van der Waals surface area (Å²) in [5.74, 6) is 0. The second-order valence-electron chi connectivity index (χ2n) is 8.06. The number of para-hydroxylation sites is 2. The van der Waals surface area contributed by atoms with Crippen LogP contribution in [0.2, 0.25) is 0 Å². The van der Waals surface area contributed by atoms with Gasteiger partial charge in [0, 0.05) is 11.1 Å². The minimum atomic E-state index is -3.48. The summed E-state index contributed by atoms with van der Waals surface area (Å²) in [5.41, 5.74) is 4.24. The van der Waals surface area contributed by atoms with E-state index in [4.69, 9.17) is 0 Å². The van der Waals surface area contributed by atoms with Gasteiger partial charge in [-0.2, -0.15) is 0 Å². The molecule has 3 aromatic carbocycles. The Labute approximate surface area is 190 Å². The normalized spacial score (nSPS) is 12.2. The number of sulfonamides is 2. The molecule has 0 aliphatic rings. The quantitative estimate of drug-likeness (QED) is 0.464. The van der Waals surface area contributed by atoms with Crippen molar-refractivity contribution >= 4 is 31.4 Å². The molecule has 170 valence electrons. The van der Waals surface area contributed by atoms with Crippen molar-refractivity contribution in [2.75, 3.05) is 9.44 Å². The average molecular weight is 473 g/mol. The van der Waals surface area contributed by atoms with Crippen LogP contribution in [0.15, 0.2) is 72.8 Å². The maximum Gasteiger partial charge on any atom is 0.235 e. The fraction of sp³-hybridized carbons (Fsp3) is 0.250. The van der Waals surface area contributed by atoms with Gasteiger partial charge in [-0.05, 0) is 51.0 Å². The zero-order chi connectivity index (χ0) is 23.5. The fourth-order valence-electron chi connectivity index (χ4n) is 3.02. The van der Waals surface area contributed by atoms with Gasteiger partial charge in [0.2, 0.25) is 20.0 Å². The van der Waals surface area contributed by atoms with Crippen LogP contribution in [-0.4, -0.2) is 27.3 Å². The summed E-state index contributed by atoms with van der Waals surface area (Å²) in [6, 6.07) is 22.0. The molecule has 8 heteroatoms. The molecule has 0 fully saturated rings. The first kappa shape index (κ1) is 23.8. The summed E-state index contributed by atoms with van der Waals surface area (Å²) < 4.78 is 54.8. The average Bonchev–Trinajstić information content (AvgIpc) is 2.74. The lowest BCUT2D eigenvalue weighted by atomic mass is 9.98. The van der Waals surface area contributed by atoms with Crippen LogP contribution in [0.1, 0.15) is 27.7 Å². The molecule has 0 aliphatic heterocycles. The Morgan fingerprint density at radius 1 is 0.531 bits per heavy atom. The fourth-order valence-corrected chi connectivity index (χ4v) is 4.46. The molecule has 0 aromatic heterocycles. The van der Waals surface area contributed by atoms with Crippen molar-refractivity contribution in [1.82, 2.24) is 0 Å². The van der Waals surface area contributed by atoms with Gasteiger partial charge in [0.25, 0.3) is 0 Å². The lowest BCUT2D eigenvalue weighted by Gasteiger charge is -2.16. The van der Waals surface area contributed by atoms with Gasteiger partial charge >= 0.3 is 0 Å². The standard InChI is InChI=1S/C24H28N2O4S2/c1-17(2)31(27,28)25-23-11-7-5-9-21(23)19-13-15-20(16-14-19)22-10-6-8-12-24(22)26-32(29,30)18(3)4/h5-18,25-26H,1-4H3. The topological polar surface area (TPSA) is 92.3 Å². The van der Waals surface area contributed by atoms with Gasteiger partial charge in [0.05, 0.1) is 21.9 Å². The number of hydrogen-bond acceptors (Lipinski definition) is 4. The zero-order valence-electron chi connectivity index (χ0n) is 18.5. The van der Waals surface area contributed by atoms with E-state index >= 15 is 0 Å². The zero-order valence-corrected chi connectivity index (χ0v) is 20.2. The number of rotatable bonds is 8. The Kier molecular flexibility index (Phi) is 6.95. The first-order valence-corrected chi connectivity index (χ1v) is 13.4. The molecule has 6 nitrogen and oxygen atoms in total. The third kappa shape index (κ3) is 5.31. The van der Waals surface area contributed by atoms with Gasteiger partial charge in [-0.3, -0.25) is 9.44 Å². The molecule has 3 aromatic rings. The van der Waals surface area contributed by atoms with Gasteiger partial charge in [-0.1, -0.05) is 60.7 Å². The van der Waals surface area contributed by atoms with Crippen molar-refractivity contribution in [3.8, 4) is 22.3 Å². The molecule has 0 spiro atoms. The van der Waals surface area contributed by atoms with E-state index in [9.17, 15) is 16.8 Å². The first-order valence-electron chi connectivity index (χ1n) is 10.3. The van der Waals surface area contributed by atoms with Crippen molar-refractivity contribution in [2.24, 2.45) is 0 Å². The van der Waals surface area contributed by atoms with Crippen LogP contribution in [0.4, 0.5) is 11.4 Å². The van der Waals surface area contributed by atoms with Crippen LogP contribution in [0.5, 0.6) is 0 Å². The second kappa shape index (κ2) is 9.34. The van der Waals surface area contributed by atoms with Crippen LogP contribution in [0.3, 0.4) is 0 Å². The minimum Gasteiger partial charge on any atom is -0.283 e. The Morgan fingerprint density at radius 2 is 0.844 bits per heavy atom. The molecule has 0 aliphatic carbocycles. The summed E-state index contributed by atoms with van der Waals surface area (Å²) in [6.07, 6.45) is 0. The van der Waals surface area contributed by atoms with E-state index in [1.165, 1.54) is 0 Å². The third-order valence-corrected chi connectivity index (χ3v) is 8.60. The van der Waals surface area contributed by atoms with Crippen LogP contribution in [0, 0.1) is 0 Å². The van der Waals surface area contributed by atoms with Gasteiger partial charge in [0.1, 0.15) is 0 Å². The third-order valence-electron chi connectivity index (χ3n) is 5.11. The molecule has 0 saturated heterocycles. The highest BCUT2D eigenvalue weighted by molar-refractivity contribution is 7.93. The molecule has 0 unspecified atom stereocenters. The predicted molar refractivity (Wildman–Crippen MR) is 133 cm³/mol. The Bertz CT molecular complexity index is 1200. The summed E-state index contributed by atoms with van der Waals surface area (Å²) in [4.78, 5) is 0. The van der Waals surface area contributed by atoms with E-state index in [0.717, 1.165) is 22.3 Å². The highest BCUT2D eigenvalue weighted by Gasteiger charge is 2.19. The number of hydrogen-bond donors (Lipinski definition) is 2. The molecular weight excluding hydrogens is 444 g/mol. The Balaban J connectivity index is 1.96. The SMILES string of the molecule is CC(C)S(=O)(=O)Nc1ccccc1-c1ccc(-c2ccccc2NS(=O)(=O)C(C)C)cc1. The predicted octanol–water partition coefficient (Wildman–Crippen LogP) is 5.32. The maximum atomic E-state index is 12.4. The van der Waals surface area contributed by atoms with Crippen LogP contribution >= 0.6 is 0 Å². The van der Waals surface area contributed by atoms with E-state index in [0.29, 0.717) is 11.4 Å². The molecule has 0 atom stereocenters. The highest BCUT2D eigenvalue weighted by atomic mass is 32.2. The molecule has 3 rings (SSSR count). The first-order chi connectivity index (χ1) is 15.0. The number of nitrogens with one attached hydrogen (secondary N) is 2. The summed E-state index contributed by atoms with van der Waals surface area (Å²) in [7, 11) is -6.96. The second-order valence-corrected chi connectivity index (χ2v) is 12.5. The van der Waals surface area contributed by atoms with Crippen LogP contribution in [0.25, 0.3) is 22.3 Å². The van der Waals surface area contributed by atoms with Crippen molar-refractivity contribution in [3.05, 3.63) is 72.8 Å². The van der Waals surface area contributed by atoms with Crippen molar-refractivity contribution in [1.29, 1.82) is 0 Å². The van der Waals surface area contributed by atoms with Gasteiger partial charge in [-0.15, -0.1) is 0 Å². The Morgan fingerprint density at radius 3 is 1.16 bits per heavy atom. The molecule has 32 heavy (non-hydrogen) atoms. The summed E-state index contributed by atoms with van der Waals surface area (Å²) in [5, 5.41) is -1.10. The van der Waals surface area contributed by atoms with Gasteiger partial charge < -0.3 is 0 Å². The molecular formula is C24H28N2O4S2. The van der Waals surface area contributed by atoms with E-state index in [1.807, 2.05) is 48.5 Å². The van der Waals surface area contributed by atoms with Gasteiger partial charge in [0.15, 0.2) is 0 Å². The molecule has 0 saturated carbocycles. The van der Waals surface area contributed by atoms with Crippen molar-refractivity contribution < 1.29 is 16.8 Å². The van der Waals surface area contributed by atoms with E-state index in [-0.39, 0.29) is 0 Å². The monoisotopic (exact) mass is 472 g/mol. The minimum absolute atomic E-state index is 0.513. The molecule has 0 bridgehead atoms. The van der Waals surface area contributed by atoms with Gasteiger partial charge in [-0.25, -0.2) is 16.8 Å². The number of anilines is 2. The summed E-state index contributed by atoms with van der Waals surface area (Å²) >= 11 is 0.